The number of hydrogen-bond acceptors (Lipinski definition) is 5. The second-order valence-corrected chi connectivity index (χ2v) is 7.46. The van der Waals surface area contributed by atoms with E-state index in [4.69, 9.17) is 9.47 Å². The highest BCUT2D eigenvalue weighted by atomic mass is 16.7. The van der Waals surface area contributed by atoms with Crippen LogP contribution in [0, 0.1) is 13.8 Å². The molecule has 0 radical (unpaired) electrons. The number of hydrogen-bond donors (Lipinski definition) is 1. The Hall–Kier alpha value is -2.73. The molecule has 0 atom stereocenters. The van der Waals surface area contributed by atoms with Gasteiger partial charge in [-0.05, 0) is 42.7 Å². The normalized spacial score (nSPS) is 16.3. The second kappa shape index (κ2) is 8.10. The highest BCUT2D eigenvalue weighted by Crippen LogP contribution is 2.32. The van der Waals surface area contributed by atoms with Crippen LogP contribution in [0.4, 0.5) is 5.69 Å². The molecular weight excluding hydrogens is 354 g/mol. The van der Waals surface area contributed by atoms with E-state index in [1.54, 1.807) is 0 Å². The predicted octanol–water partition coefficient (Wildman–Crippen LogP) is 2.79. The van der Waals surface area contributed by atoms with Crippen LogP contribution in [-0.2, 0) is 11.3 Å². The third kappa shape index (κ3) is 4.07. The number of anilines is 1. The molecule has 6 heteroatoms. The number of fused-ring (bicyclic) bond motifs is 1. The minimum absolute atomic E-state index is 0.158. The highest BCUT2D eigenvalue weighted by Gasteiger charge is 2.22. The molecule has 0 aliphatic carbocycles. The predicted molar refractivity (Wildman–Crippen MR) is 109 cm³/mol. The summed E-state index contributed by atoms with van der Waals surface area (Å²) in [5.41, 5.74) is 4.61. The van der Waals surface area contributed by atoms with E-state index < -0.39 is 0 Å². The van der Waals surface area contributed by atoms with Crippen molar-refractivity contribution in [3.8, 4) is 11.5 Å². The molecule has 28 heavy (non-hydrogen) atoms. The zero-order chi connectivity index (χ0) is 19.5. The van der Waals surface area contributed by atoms with Crippen molar-refractivity contribution in [1.82, 2.24) is 9.80 Å². The summed E-state index contributed by atoms with van der Waals surface area (Å²) in [4.78, 5) is 16.9. The smallest absolute Gasteiger partial charge is 0.241 e. The maximum atomic E-state index is 12.6. The van der Waals surface area contributed by atoms with Crippen LogP contribution in [-0.4, -0.2) is 55.2 Å². The summed E-state index contributed by atoms with van der Waals surface area (Å²) >= 11 is 0. The topological polar surface area (TPSA) is 54.0 Å². The number of carbonyl (C=O) groups is 1. The fourth-order valence-electron chi connectivity index (χ4n) is 3.82. The van der Waals surface area contributed by atoms with Crippen LogP contribution in [0.1, 0.15) is 16.7 Å². The molecular formula is C22H27N3O3. The Morgan fingerprint density at radius 1 is 1.00 bits per heavy atom. The van der Waals surface area contributed by atoms with Gasteiger partial charge in [0.1, 0.15) is 0 Å². The largest absolute Gasteiger partial charge is 0.454 e. The van der Waals surface area contributed by atoms with Gasteiger partial charge in [0.2, 0.25) is 12.7 Å². The molecule has 148 valence electrons. The van der Waals surface area contributed by atoms with E-state index in [9.17, 15) is 4.79 Å². The molecule has 1 amide bonds. The number of benzene rings is 2. The van der Waals surface area contributed by atoms with Gasteiger partial charge < -0.3 is 19.7 Å². The molecule has 0 spiro atoms. The molecule has 2 aliphatic heterocycles. The monoisotopic (exact) mass is 381 g/mol. The van der Waals surface area contributed by atoms with E-state index in [0.29, 0.717) is 13.3 Å². The lowest BCUT2D eigenvalue weighted by Crippen LogP contribution is -2.49. The Labute approximate surface area is 166 Å². The number of nitrogens with zero attached hydrogens (tertiary/aromatic N) is 2. The molecule has 0 saturated carbocycles. The van der Waals surface area contributed by atoms with Crippen molar-refractivity contribution in [2.75, 3.05) is 44.8 Å². The third-order valence-electron chi connectivity index (χ3n) is 5.47. The van der Waals surface area contributed by atoms with Gasteiger partial charge in [0.05, 0.1) is 6.54 Å². The molecule has 0 unspecified atom stereocenters. The lowest BCUT2D eigenvalue weighted by atomic mass is 10.1. The van der Waals surface area contributed by atoms with Crippen molar-refractivity contribution in [3.63, 3.8) is 0 Å². The lowest BCUT2D eigenvalue weighted by molar-refractivity contribution is -0.131. The van der Waals surface area contributed by atoms with Crippen molar-refractivity contribution >= 4 is 11.6 Å². The van der Waals surface area contributed by atoms with E-state index in [2.05, 4.69) is 42.3 Å². The van der Waals surface area contributed by atoms with E-state index in [1.807, 2.05) is 23.1 Å². The maximum Gasteiger partial charge on any atom is 0.241 e. The first-order valence-electron chi connectivity index (χ1n) is 9.79. The molecule has 0 aromatic heterocycles. The average Bonchev–Trinajstić information content (AvgIpc) is 3.16. The SMILES string of the molecule is Cc1cccc(C)c1NCC(=O)N1CCN(Cc2ccc3c(c2)OCO3)CC1. The van der Waals surface area contributed by atoms with Gasteiger partial charge in [-0.25, -0.2) is 0 Å². The van der Waals surface area contributed by atoms with Crippen molar-refractivity contribution in [1.29, 1.82) is 0 Å². The first-order chi connectivity index (χ1) is 13.6. The van der Waals surface area contributed by atoms with Gasteiger partial charge in [0, 0.05) is 38.4 Å². The average molecular weight is 381 g/mol. The number of carbonyl (C=O) groups excluding carboxylic acids is 1. The number of aryl methyl sites for hydroxylation is 2. The van der Waals surface area contributed by atoms with Crippen LogP contribution in [0.2, 0.25) is 0 Å². The Kier molecular flexibility index (Phi) is 5.39. The summed E-state index contributed by atoms with van der Waals surface area (Å²) in [7, 11) is 0. The fraction of sp³-hybridized carbons (Fsp3) is 0.409. The first-order valence-corrected chi connectivity index (χ1v) is 9.79. The van der Waals surface area contributed by atoms with Crippen molar-refractivity contribution in [2.45, 2.75) is 20.4 Å². The molecule has 2 heterocycles. The summed E-state index contributed by atoms with van der Waals surface area (Å²) in [5.74, 6) is 1.80. The lowest BCUT2D eigenvalue weighted by Gasteiger charge is -2.35. The van der Waals surface area contributed by atoms with E-state index in [0.717, 1.165) is 49.9 Å². The van der Waals surface area contributed by atoms with Gasteiger partial charge in [-0.15, -0.1) is 0 Å². The molecule has 0 bridgehead atoms. The highest BCUT2D eigenvalue weighted by molar-refractivity contribution is 5.81. The van der Waals surface area contributed by atoms with Crippen LogP contribution in [0.5, 0.6) is 11.5 Å². The standard InChI is InChI=1S/C22H27N3O3/c1-16-4-3-5-17(2)22(16)23-13-21(26)25-10-8-24(9-11-25)14-18-6-7-19-20(12-18)28-15-27-19/h3-7,12,23H,8-11,13-15H2,1-2H3. The Morgan fingerprint density at radius 3 is 2.46 bits per heavy atom. The number of nitrogens with one attached hydrogen (secondary N) is 1. The molecule has 1 fully saturated rings. The van der Waals surface area contributed by atoms with Crippen molar-refractivity contribution < 1.29 is 14.3 Å². The van der Waals surface area contributed by atoms with Gasteiger partial charge in [-0.2, -0.15) is 0 Å². The van der Waals surface area contributed by atoms with Crippen LogP contribution < -0.4 is 14.8 Å². The van der Waals surface area contributed by atoms with Crippen molar-refractivity contribution in [3.05, 3.63) is 53.1 Å². The third-order valence-corrected chi connectivity index (χ3v) is 5.47. The molecule has 6 nitrogen and oxygen atoms in total. The number of para-hydroxylation sites is 1. The summed E-state index contributed by atoms with van der Waals surface area (Å²) in [6.45, 7) is 8.91. The number of rotatable bonds is 5. The van der Waals surface area contributed by atoms with Crippen LogP contribution in [0.25, 0.3) is 0 Å². The number of ether oxygens (including phenoxy) is 2. The molecule has 2 aromatic carbocycles. The summed E-state index contributed by atoms with van der Waals surface area (Å²) in [6, 6.07) is 12.3. The van der Waals surface area contributed by atoms with E-state index >= 15 is 0 Å². The van der Waals surface area contributed by atoms with Crippen LogP contribution >= 0.6 is 0 Å². The maximum absolute atomic E-state index is 12.6. The minimum atomic E-state index is 0.158. The number of amides is 1. The zero-order valence-corrected chi connectivity index (χ0v) is 16.5. The molecule has 2 aromatic rings. The Balaban J connectivity index is 1.26. The molecule has 1 N–H and O–H groups in total. The summed E-state index contributed by atoms with van der Waals surface area (Å²) < 4.78 is 10.8. The quantitative estimate of drug-likeness (QED) is 0.863. The van der Waals surface area contributed by atoms with Crippen LogP contribution in [0.15, 0.2) is 36.4 Å². The molecule has 4 rings (SSSR count). The first kappa shape index (κ1) is 18.6. The van der Waals surface area contributed by atoms with Gasteiger partial charge in [-0.1, -0.05) is 24.3 Å². The Morgan fingerprint density at radius 2 is 1.71 bits per heavy atom. The van der Waals surface area contributed by atoms with Crippen molar-refractivity contribution in [2.24, 2.45) is 0 Å². The van der Waals surface area contributed by atoms with Gasteiger partial charge in [0.15, 0.2) is 11.5 Å². The van der Waals surface area contributed by atoms with E-state index in [1.165, 1.54) is 16.7 Å². The minimum Gasteiger partial charge on any atom is -0.454 e. The molecule has 1 saturated heterocycles. The Bertz CT molecular complexity index is 840. The number of piperazine rings is 1. The zero-order valence-electron chi connectivity index (χ0n) is 16.5. The van der Waals surface area contributed by atoms with Gasteiger partial charge in [-0.3, -0.25) is 9.69 Å². The van der Waals surface area contributed by atoms with E-state index in [-0.39, 0.29) is 5.91 Å². The molecule has 2 aliphatic rings. The van der Waals surface area contributed by atoms with Gasteiger partial charge in [0.25, 0.3) is 0 Å². The van der Waals surface area contributed by atoms with Crippen LogP contribution in [0.3, 0.4) is 0 Å². The fourth-order valence-corrected chi connectivity index (χ4v) is 3.82. The summed E-state index contributed by atoms with van der Waals surface area (Å²) in [6.07, 6.45) is 0. The second-order valence-electron chi connectivity index (χ2n) is 7.46. The van der Waals surface area contributed by atoms with Gasteiger partial charge >= 0.3 is 0 Å². The summed E-state index contributed by atoms with van der Waals surface area (Å²) in [5, 5.41) is 3.32.